The minimum Gasteiger partial charge on any atom is -0.463 e. The number of nitrogens with zero attached hydrogens (tertiary/aromatic N) is 3. The molecule has 0 spiro atoms. The van der Waals surface area contributed by atoms with Gasteiger partial charge in [-0.25, -0.2) is 4.68 Å². The zero-order chi connectivity index (χ0) is 25.2. The molecule has 3 rings (SSSR count). The fraction of sp³-hybridized carbons (Fsp3) is 0.474. The van der Waals surface area contributed by atoms with Crippen LogP contribution in [-0.2, 0) is 38.1 Å². The molecule has 2 heterocycles. The summed E-state index contributed by atoms with van der Waals surface area (Å²) in [6.07, 6.45) is -9.96. The predicted molar refractivity (Wildman–Crippen MR) is 104 cm³/mol. The van der Waals surface area contributed by atoms with E-state index in [2.05, 4.69) is 10.3 Å². The number of hydrogen-bond donors (Lipinski definition) is 1. The summed E-state index contributed by atoms with van der Waals surface area (Å²) < 4.78 is 60.4. The van der Waals surface area contributed by atoms with E-state index in [1.807, 2.05) is 0 Å². The van der Waals surface area contributed by atoms with Crippen LogP contribution in [0.1, 0.15) is 27.0 Å². The fourth-order valence-corrected chi connectivity index (χ4v) is 3.33. The van der Waals surface area contributed by atoms with Crippen molar-refractivity contribution < 1.29 is 51.3 Å². The van der Waals surface area contributed by atoms with Crippen molar-refractivity contribution in [1.82, 2.24) is 15.0 Å². The smallest absolute Gasteiger partial charge is 0.463 e. The van der Waals surface area contributed by atoms with Crippen LogP contribution in [0.4, 0.5) is 18.9 Å². The predicted octanol–water partition coefficient (Wildman–Crippen LogP) is 1.26. The number of nitrogens with one attached hydrogen (secondary N) is 1. The Kier molecular flexibility index (Phi) is 7.04. The minimum atomic E-state index is -5.13. The maximum absolute atomic E-state index is 12.7. The number of carbonyl (C=O) groups excluding carboxylic acids is 4. The van der Waals surface area contributed by atoms with E-state index in [9.17, 15) is 32.3 Å². The monoisotopic (exact) mass is 488 g/mol. The number of rotatable bonds is 6. The molecule has 1 aromatic carbocycles. The van der Waals surface area contributed by atoms with Gasteiger partial charge in [0.15, 0.2) is 18.4 Å². The number of amides is 1. The van der Waals surface area contributed by atoms with Gasteiger partial charge in [0.25, 0.3) is 0 Å². The number of alkyl halides is 3. The molecule has 0 aliphatic carbocycles. The summed E-state index contributed by atoms with van der Waals surface area (Å²) in [5, 5.41) is 9.41. The van der Waals surface area contributed by atoms with Crippen LogP contribution in [0, 0.1) is 0 Å². The molecule has 2 aromatic rings. The third kappa shape index (κ3) is 5.41. The molecule has 15 heteroatoms. The van der Waals surface area contributed by atoms with E-state index in [0.717, 1.165) is 25.5 Å². The third-order valence-corrected chi connectivity index (χ3v) is 4.59. The average molecular weight is 488 g/mol. The summed E-state index contributed by atoms with van der Waals surface area (Å²) in [5.74, 6) is -4.35. The summed E-state index contributed by atoms with van der Waals surface area (Å²) in [6, 6.07) is 3.95. The van der Waals surface area contributed by atoms with E-state index >= 15 is 0 Å². The van der Waals surface area contributed by atoms with E-state index < -0.39 is 54.5 Å². The Morgan fingerprint density at radius 2 is 1.71 bits per heavy atom. The topological polar surface area (TPSA) is 148 Å². The van der Waals surface area contributed by atoms with Gasteiger partial charge in [-0.3, -0.25) is 19.2 Å². The number of fused-ring (bicyclic) bond motifs is 1. The Morgan fingerprint density at radius 3 is 2.29 bits per heavy atom. The molecule has 34 heavy (non-hydrogen) atoms. The molecular formula is C19H19F3N4O8. The molecule has 0 unspecified atom stereocenters. The van der Waals surface area contributed by atoms with Crippen LogP contribution in [0.5, 0.6) is 0 Å². The second kappa shape index (κ2) is 9.62. The Morgan fingerprint density at radius 1 is 1.06 bits per heavy atom. The second-order valence-corrected chi connectivity index (χ2v) is 7.17. The van der Waals surface area contributed by atoms with Gasteiger partial charge in [-0.05, 0) is 12.1 Å². The van der Waals surface area contributed by atoms with Gasteiger partial charge in [-0.2, -0.15) is 13.2 Å². The maximum atomic E-state index is 12.7. The first kappa shape index (κ1) is 24.9. The van der Waals surface area contributed by atoms with E-state index in [-0.39, 0.29) is 23.3 Å². The van der Waals surface area contributed by atoms with Crippen LogP contribution in [0.3, 0.4) is 0 Å². The Bertz CT molecular complexity index is 1120. The van der Waals surface area contributed by atoms with Crippen molar-refractivity contribution in [2.24, 2.45) is 0 Å². The molecule has 0 saturated carbocycles. The highest BCUT2D eigenvalue weighted by Gasteiger charge is 2.51. The molecule has 1 amide bonds. The number of benzene rings is 1. The van der Waals surface area contributed by atoms with Gasteiger partial charge in [-0.1, -0.05) is 11.3 Å². The lowest BCUT2D eigenvalue weighted by Crippen LogP contribution is -2.40. The van der Waals surface area contributed by atoms with Crippen LogP contribution in [-0.4, -0.2) is 69.9 Å². The quantitative estimate of drug-likeness (QED) is 0.465. The highest BCUT2D eigenvalue weighted by molar-refractivity contribution is 6.01. The standard InChI is InChI=1S/C19H19F3N4O8/c1-8(27)31-7-13-15(32-9(2)28)16(33-10(3)29)17(34-13)26-12-6-4-5-11(14(12)24-25-26)23-18(30)19(20,21)22/h4-6,13,15-17H,7H2,1-3H3,(H,23,30)/t13-,15+,16-,17-/m1/s1. The molecule has 0 bridgehead atoms. The minimum absolute atomic E-state index is 0.108. The zero-order valence-electron chi connectivity index (χ0n) is 18.0. The summed E-state index contributed by atoms with van der Waals surface area (Å²) in [7, 11) is 0. The molecule has 12 nitrogen and oxygen atoms in total. The van der Waals surface area contributed by atoms with Gasteiger partial charge in [0.1, 0.15) is 18.2 Å². The molecule has 1 aromatic heterocycles. The third-order valence-electron chi connectivity index (χ3n) is 4.59. The summed E-state index contributed by atoms with van der Waals surface area (Å²) >= 11 is 0. The molecule has 1 saturated heterocycles. The van der Waals surface area contributed by atoms with Gasteiger partial charge in [0.05, 0.1) is 11.2 Å². The number of aromatic nitrogens is 3. The van der Waals surface area contributed by atoms with Crippen LogP contribution in [0.15, 0.2) is 18.2 Å². The van der Waals surface area contributed by atoms with E-state index in [0.29, 0.717) is 0 Å². The number of hydrogen-bond acceptors (Lipinski definition) is 10. The lowest BCUT2D eigenvalue weighted by molar-refractivity contribution is -0.167. The van der Waals surface area contributed by atoms with Crippen molar-refractivity contribution in [1.29, 1.82) is 0 Å². The van der Waals surface area contributed by atoms with E-state index in [1.54, 1.807) is 5.32 Å². The van der Waals surface area contributed by atoms with E-state index in [1.165, 1.54) is 18.2 Å². The lowest BCUT2D eigenvalue weighted by atomic mass is 10.1. The average Bonchev–Trinajstić information content (AvgIpc) is 3.27. The summed E-state index contributed by atoms with van der Waals surface area (Å²) in [6.45, 7) is 3.01. The molecule has 1 aliphatic heterocycles. The van der Waals surface area contributed by atoms with Crippen LogP contribution >= 0.6 is 0 Å². The van der Waals surface area contributed by atoms with Gasteiger partial charge in [0, 0.05) is 20.8 Å². The number of ether oxygens (including phenoxy) is 4. The largest absolute Gasteiger partial charge is 0.471 e. The van der Waals surface area contributed by atoms with E-state index in [4.69, 9.17) is 18.9 Å². The van der Waals surface area contributed by atoms with Crippen LogP contribution in [0.25, 0.3) is 11.0 Å². The molecule has 1 aliphatic rings. The molecule has 0 radical (unpaired) electrons. The summed E-state index contributed by atoms with van der Waals surface area (Å²) in [5.41, 5.74) is -0.282. The van der Waals surface area contributed by atoms with Crippen LogP contribution in [0.2, 0.25) is 0 Å². The highest BCUT2D eigenvalue weighted by Crippen LogP contribution is 2.36. The second-order valence-electron chi connectivity index (χ2n) is 7.17. The summed E-state index contributed by atoms with van der Waals surface area (Å²) in [4.78, 5) is 46.0. The zero-order valence-corrected chi connectivity index (χ0v) is 18.0. The van der Waals surface area contributed by atoms with Crippen LogP contribution < -0.4 is 5.32 Å². The van der Waals surface area contributed by atoms with Gasteiger partial charge >= 0.3 is 30.0 Å². The normalized spacial score (nSPS) is 22.3. The number of halogens is 3. The lowest BCUT2D eigenvalue weighted by Gasteiger charge is -2.23. The van der Waals surface area contributed by atoms with Crippen molar-refractivity contribution >= 4 is 40.5 Å². The van der Waals surface area contributed by atoms with Gasteiger partial charge in [-0.15, -0.1) is 5.10 Å². The first-order valence-corrected chi connectivity index (χ1v) is 9.73. The van der Waals surface area contributed by atoms with Crippen molar-refractivity contribution in [3.05, 3.63) is 18.2 Å². The van der Waals surface area contributed by atoms with Crippen molar-refractivity contribution in [2.75, 3.05) is 11.9 Å². The molecule has 1 fully saturated rings. The molecule has 1 N–H and O–H groups in total. The van der Waals surface area contributed by atoms with Gasteiger partial charge in [0.2, 0.25) is 0 Å². The van der Waals surface area contributed by atoms with Gasteiger partial charge < -0.3 is 24.3 Å². The fourth-order valence-electron chi connectivity index (χ4n) is 3.33. The maximum Gasteiger partial charge on any atom is 0.471 e. The van der Waals surface area contributed by atoms with Crippen molar-refractivity contribution in [2.45, 2.75) is 51.5 Å². The Balaban J connectivity index is 2.01. The first-order chi connectivity index (χ1) is 15.9. The number of carbonyl (C=O) groups is 4. The number of esters is 3. The molecular weight excluding hydrogens is 469 g/mol. The van der Waals surface area contributed by atoms with Crippen molar-refractivity contribution in [3.63, 3.8) is 0 Å². The van der Waals surface area contributed by atoms with Crippen molar-refractivity contribution in [3.8, 4) is 0 Å². The Hall–Kier alpha value is -3.75. The molecule has 4 atom stereocenters. The SMILES string of the molecule is CC(=O)OC[C@H]1O[C@@H](n2nnc3c(NC(=O)C(F)(F)F)cccc32)[C@H](OC(C)=O)[C@H]1OC(C)=O. The highest BCUT2D eigenvalue weighted by atomic mass is 19.4. The molecule has 184 valence electrons. The first-order valence-electron chi connectivity index (χ1n) is 9.73. The Labute approximate surface area is 189 Å². The number of anilines is 1.